The first kappa shape index (κ1) is 28.2. The van der Waals surface area contributed by atoms with Gasteiger partial charge in [-0.15, -0.1) is 0 Å². The van der Waals surface area contributed by atoms with Crippen molar-refractivity contribution in [2.45, 2.75) is 44.4 Å². The Labute approximate surface area is 223 Å². The molecule has 4 rings (SSSR count). The van der Waals surface area contributed by atoms with E-state index in [1.165, 1.54) is 12.1 Å². The molecular weight excluding hydrogens is 520 g/mol. The number of carbonyl (C=O) groups excluding carboxylic acids is 2. The number of amides is 2. The van der Waals surface area contributed by atoms with Gasteiger partial charge in [-0.3, -0.25) is 9.59 Å². The number of halogens is 4. The smallest absolute Gasteiger partial charge is 0.416 e. The van der Waals surface area contributed by atoms with Crippen LogP contribution in [0.3, 0.4) is 0 Å². The molecule has 2 aliphatic heterocycles. The van der Waals surface area contributed by atoms with Gasteiger partial charge in [-0.1, -0.05) is 13.8 Å². The van der Waals surface area contributed by atoms with E-state index in [1.54, 1.807) is 42.8 Å². The van der Waals surface area contributed by atoms with E-state index < -0.39 is 46.7 Å². The fraction of sp³-hybridized carbons (Fsp3) is 0.444. The van der Waals surface area contributed by atoms with E-state index >= 15 is 0 Å². The maximum atomic E-state index is 14.4. The second-order valence-electron chi connectivity index (χ2n) is 10.3. The third-order valence-electron chi connectivity index (χ3n) is 7.48. The number of carbonyl (C=O) groups is 3. The highest BCUT2D eigenvalue weighted by molar-refractivity contribution is 5.94. The number of likely N-dealkylation sites (N-methyl/N-ethyl adjacent to an activating group) is 1. The average Bonchev–Trinajstić information content (AvgIpc) is 3.12. The normalized spacial score (nSPS) is 18.2. The summed E-state index contributed by atoms with van der Waals surface area (Å²) in [6.07, 6.45) is -4.07. The number of carboxylic acid groups (broad SMARTS) is 1. The molecule has 1 unspecified atom stereocenters. The van der Waals surface area contributed by atoms with Crippen LogP contribution in [0.15, 0.2) is 42.5 Å². The molecule has 2 saturated heterocycles. The minimum absolute atomic E-state index is 0.110. The Balaban J connectivity index is 1.52. The highest BCUT2D eigenvalue weighted by Crippen LogP contribution is 2.39. The fourth-order valence-electron chi connectivity index (χ4n) is 5.27. The SMILES string of the molecule is CC(C)C(Nc1cc(C(F)(F)F)ccc1F)C(=O)N1CCC2(CC1)C(=O)N(C)CN2c1ccc(C(=O)O)cc1. The Morgan fingerprint density at radius 3 is 2.21 bits per heavy atom. The number of nitrogens with zero attached hydrogens (tertiary/aromatic N) is 3. The number of alkyl halides is 3. The van der Waals surface area contributed by atoms with Crippen molar-refractivity contribution in [1.29, 1.82) is 0 Å². The van der Waals surface area contributed by atoms with Gasteiger partial charge >= 0.3 is 12.1 Å². The molecule has 0 aromatic heterocycles. The Morgan fingerprint density at radius 1 is 1.05 bits per heavy atom. The molecule has 2 aromatic carbocycles. The number of carboxylic acids is 1. The lowest BCUT2D eigenvalue weighted by Crippen LogP contribution is -2.59. The number of hydrogen-bond donors (Lipinski definition) is 2. The zero-order chi connectivity index (χ0) is 28.7. The van der Waals surface area contributed by atoms with Crippen molar-refractivity contribution in [1.82, 2.24) is 9.80 Å². The first-order valence-electron chi connectivity index (χ1n) is 12.5. The van der Waals surface area contributed by atoms with E-state index in [9.17, 15) is 37.1 Å². The predicted octanol–water partition coefficient (Wildman–Crippen LogP) is 4.28. The van der Waals surface area contributed by atoms with Crippen LogP contribution in [0.4, 0.5) is 28.9 Å². The van der Waals surface area contributed by atoms with Crippen molar-refractivity contribution < 1.29 is 37.1 Å². The number of hydrogen-bond acceptors (Lipinski definition) is 5. The van der Waals surface area contributed by atoms with Crippen molar-refractivity contribution in [2.24, 2.45) is 5.92 Å². The molecule has 0 aliphatic carbocycles. The van der Waals surface area contributed by atoms with Crippen LogP contribution in [0.2, 0.25) is 0 Å². The topological polar surface area (TPSA) is 93.2 Å². The van der Waals surface area contributed by atoms with Crippen LogP contribution < -0.4 is 10.2 Å². The maximum Gasteiger partial charge on any atom is 0.416 e. The lowest BCUT2D eigenvalue weighted by Gasteiger charge is -2.44. The summed E-state index contributed by atoms with van der Waals surface area (Å²) < 4.78 is 53.9. The summed E-state index contributed by atoms with van der Waals surface area (Å²) in [7, 11) is 1.68. The van der Waals surface area contributed by atoms with E-state index in [0.717, 1.165) is 6.07 Å². The van der Waals surface area contributed by atoms with E-state index in [0.29, 0.717) is 37.3 Å². The van der Waals surface area contributed by atoms with Crippen LogP contribution in [-0.4, -0.2) is 71.1 Å². The number of anilines is 2. The molecule has 1 spiro atoms. The molecule has 2 aliphatic rings. The molecule has 0 saturated carbocycles. The maximum absolute atomic E-state index is 14.4. The molecule has 2 fully saturated rings. The monoisotopic (exact) mass is 550 g/mol. The molecule has 8 nitrogen and oxygen atoms in total. The average molecular weight is 551 g/mol. The van der Waals surface area contributed by atoms with Gasteiger partial charge in [0.1, 0.15) is 17.4 Å². The van der Waals surface area contributed by atoms with Gasteiger partial charge in [0, 0.05) is 25.8 Å². The molecule has 2 heterocycles. The fourth-order valence-corrected chi connectivity index (χ4v) is 5.27. The summed E-state index contributed by atoms with van der Waals surface area (Å²) >= 11 is 0. The zero-order valence-electron chi connectivity index (χ0n) is 21.8. The molecular formula is C27H30F4N4O4. The molecule has 2 amide bonds. The van der Waals surface area contributed by atoms with Gasteiger partial charge in [0.15, 0.2) is 0 Å². The van der Waals surface area contributed by atoms with Crippen molar-refractivity contribution in [2.75, 3.05) is 37.0 Å². The molecule has 1 atom stereocenters. The standard InChI is InChI=1S/C27H30F4N4O4/c1-16(2)22(32-21-14-18(27(29,30)31)6-9-20(21)28)23(36)34-12-10-26(11-13-34)25(39)33(3)15-35(26)19-7-4-17(5-8-19)24(37)38/h4-9,14,16,22,32H,10-13,15H2,1-3H3,(H,37,38). The lowest BCUT2D eigenvalue weighted by molar-refractivity contribution is -0.138. The Morgan fingerprint density at radius 2 is 1.67 bits per heavy atom. The number of nitrogens with one attached hydrogen (secondary N) is 1. The Bertz CT molecular complexity index is 1260. The van der Waals surface area contributed by atoms with Gasteiger partial charge in [0.2, 0.25) is 11.8 Å². The van der Waals surface area contributed by atoms with Crippen molar-refractivity contribution in [3.05, 3.63) is 59.4 Å². The zero-order valence-corrected chi connectivity index (χ0v) is 21.8. The van der Waals surface area contributed by atoms with Gasteiger partial charge in [0.25, 0.3) is 0 Å². The van der Waals surface area contributed by atoms with Crippen molar-refractivity contribution >= 4 is 29.2 Å². The van der Waals surface area contributed by atoms with Crippen molar-refractivity contribution in [3.8, 4) is 0 Å². The van der Waals surface area contributed by atoms with Crippen molar-refractivity contribution in [3.63, 3.8) is 0 Å². The third kappa shape index (κ3) is 5.37. The molecule has 39 heavy (non-hydrogen) atoms. The quantitative estimate of drug-likeness (QED) is 0.522. The summed E-state index contributed by atoms with van der Waals surface area (Å²) in [4.78, 5) is 43.1. The summed E-state index contributed by atoms with van der Waals surface area (Å²) in [5, 5.41) is 11.9. The highest BCUT2D eigenvalue weighted by Gasteiger charge is 2.53. The molecule has 12 heteroatoms. The minimum atomic E-state index is -4.66. The second-order valence-corrected chi connectivity index (χ2v) is 10.3. The number of likely N-dealkylation sites (tertiary alicyclic amines) is 1. The lowest BCUT2D eigenvalue weighted by atomic mass is 9.85. The van der Waals surface area contributed by atoms with E-state index in [1.807, 2.05) is 4.90 Å². The first-order valence-corrected chi connectivity index (χ1v) is 12.5. The Hall–Kier alpha value is -3.83. The number of benzene rings is 2. The van der Waals surface area contributed by atoms with Crippen LogP contribution in [-0.2, 0) is 15.8 Å². The minimum Gasteiger partial charge on any atom is -0.478 e. The van der Waals surface area contributed by atoms with Gasteiger partial charge in [0.05, 0.1) is 23.5 Å². The summed E-state index contributed by atoms with van der Waals surface area (Å²) in [6.45, 7) is 4.13. The molecule has 2 N–H and O–H groups in total. The van der Waals surface area contributed by atoms with Gasteiger partial charge in [-0.2, -0.15) is 13.2 Å². The van der Waals surface area contributed by atoms with Gasteiger partial charge in [-0.05, 0) is 61.2 Å². The second kappa shape index (κ2) is 10.4. The number of piperidine rings is 1. The van der Waals surface area contributed by atoms with Crippen LogP contribution in [0, 0.1) is 11.7 Å². The number of rotatable bonds is 6. The van der Waals surface area contributed by atoms with Gasteiger partial charge < -0.3 is 25.1 Å². The Kier molecular flexibility index (Phi) is 7.50. The van der Waals surface area contributed by atoms with Crippen LogP contribution in [0.25, 0.3) is 0 Å². The highest BCUT2D eigenvalue weighted by atomic mass is 19.4. The molecule has 2 aromatic rings. The third-order valence-corrected chi connectivity index (χ3v) is 7.48. The first-order chi connectivity index (χ1) is 18.2. The molecule has 210 valence electrons. The van der Waals surface area contributed by atoms with E-state index in [-0.39, 0.29) is 30.5 Å². The summed E-state index contributed by atoms with van der Waals surface area (Å²) in [6, 6.07) is 7.28. The summed E-state index contributed by atoms with van der Waals surface area (Å²) in [5.41, 5.74) is -1.56. The van der Waals surface area contributed by atoms with Crippen LogP contribution in [0.1, 0.15) is 42.6 Å². The van der Waals surface area contributed by atoms with Crippen LogP contribution in [0.5, 0.6) is 0 Å². The molecule has 0 radical (unpaired) electrons. The predicted molar refractivity (Wildman–Crippen MR) is 136 cm³/mol. The van der Waals surface area contributed by atoms with E-state index in [2.05, 4.69) is 5.32 Å². The largest absolute Gasteiger partial charge is 0.478 e. The molecule has 0 bridgehead atoms. The van der Waals surface area contributed by atoms with E-state index in [4.69, 9.17) is 0 Å². The van der Waals surface area contributed by atoms with Gasteiger partial charge in [-0.25, -0.2) is 9.18 Å². The number of aromatic carboxylic acids is 1. The summed E-state index contributed by atoms with van der Waals surface area (Å²) in [5.74, 6) is -2.83. The van der Waals surface area contributed by atoms with Crippen LogP contribution >= 0.6 is 0 Å².